The van der Waals surface area contributed by atoms with Gasteiger partial charge in [-0.05, 0) is 42.1 Å². The lowest BCUT2D eigenvalue weighted by atomic mass is 9.99. The molecule has 0 radical (unpaired) electrons. The molecular formula is C22H29NO2. The van der Waals surface area contributed by atoms with Gasteiger partial charge in [-0.25, -0.2) is 0 Å². The van der Waals surface area contributed by atoms with Crippen LogP contribution in [0.1, 0.15) is 43.1 Å². The average Bonchev–Trinajstić information content (AvgIpc) is 2.82. The Bertz CT molecular complexity index is 669. The van der Waals surface area contributed by atoms with Crippen LogP contribution in [-0.4, -0.2) is 29.7 Å². The topological polar surface area (TPSA) is 32.7 Å². The van der Waals surface area contributed by atoms with Gasteiger partial charge >= 0.3 is 0 Å². The summed E-state index contributed by atoms with van der Waals surface area (Å²) in [6.45, 7) is 8.21. The molecule has 0 bridgehead atoms. The van der Waals surface area contributed by atoms with Crippen molar-refractivity contribution in [2.45, 2.75) is 39.3 Å². The maximum Gasteiger partial charge on any atom is 0.123 e. The zero-order valence-corrected chi connectivity index (χ0v) is 15.3. The molecule has 1 N–H and O–H groups in total. The third-order valence-electron chi connectivity index (χ3n) is 4.82. The van der Waals surface area contributed by atoms with Crippen molar-refractivity contribution in [1.29, 1.82) is 0 Å². The molecule has 1 atom stereocenters. The van der Waals surface area contributed by atoms with Gasteiger partial charge in [-0.1, -0.05) is 50.2 Å². The molecule has 134 valence electrons. The first-order valence-electron chi connectivity index (χ1n) is 9.32. The van der Waals surface area contributed by atoms with E-state index in [0.717, 1.165) is 43.1 Å². The standard InChI is InChI=1S/C22H29NO2/c1-17(2)10-11-23-12-13-25-22-9-8-19(15-20(22)16-23)21(24)14-18-6-4-3-5-7-18/h3-9,15,17,21,24H,10-14,16H2,1-2H3. The van der Waals surface area contributed by atoms with Gasteiger partial charge in [0.25, 0.3) is 0 Å². The molecule has 25 heavy (non-hydrogen) atoms. The third-order valence-corrected chi connectivity index (χ3v) is 4.82. The first-order valence-corrected chi connectivity index (χ1v) is 9.32. The van der Waals surface area contributed by atoms with Crippen molar-refractivity contribution in [1.82, 2.24) is 4.90 Å². The maximum atomic E-state index is 10.6. The van der Waals surface area contributed by atoms with Crippen LogP contribution in [0.4, 0.5) is 0 Å². The molecule has 3 heteroatoms. The first kappa shape index (κ1) is 18.0. The third kappa shape index (κ3) is 5.07. The summed E-state index contributed by atoms with van der Waals surface area (Å²) in [4.78, 5) is 2.46. The molecule has 1 heterocycles. The highest BCUT2D eigenvalue weighted by molar-refractivity contribution is 5.39. The summed E-state index contributed by atoms with van der Waals surface area (Å²) in [6, 6.07) is 16.3. The van der Waals surface area contributed by atoms with Crippen LogP contribution in [0.15, 0.2) is 48.5 Å². The van der Waals surface area contributed by atoms with Crippen LogP contribution in [0.3, 0.4) is 0 Å². The van der Waals surface area contributed by atoms with Gasteiger partial charge in [-0.15, -0.1) is 0 Å². The quantitative estimate of drug-likeness (QED) is 0.856. The Balaban J connectivity index is 1.71. The van der Waals surface area contributed by atoms with Gasteiger partial charge in [0.1, 0.15) is 12.4 Å². The molecular weight excluding hydrogens is 310 g/mol. The number of ether oxygens (including phenoxy) is 1. The average molecular weight is 339 g/mol. The second-order valence-electron chi connectivity index (χ2n) is 7.38. The normalized spacial score (nSPS) is 16.2. The molecule has 2 aromatic carbocycles. The lowest BCUT2D eigenvalue weighted by Gasteiger charge is -2.20. The minimum absolute atomic E-state index is 0.486. The number of hydrogen-bond donors (Lipinski definition) is 1. The van der Waals surface area contributed by atoms with Crippen molar-refractivity contribution in [3.8, 4) is 5.75 Å². The summed E-state index contributed by atoms with van der Waals surface area (Å²) in [5, 5.41) is 10.6. The fourth-order valence-electron chi connectivity index (χ4n) is 3.26. The molecule has 0 fully saturated rings. The van der Waals surface area contributed by atoms with E-state index in [9.17, 15) is 5.11 Å². The van der Waals surface area contributed by atoms with Gasteiger partial charge in [0.15, 0.2) is 0 Å². The maximum absolute atomic E-state index is 10.6. The zero-order valence-electron chi connectivity index (χ0n) is 15.3. The molecule has 1 unspecified atom stereocenters. The number of aliphatic hydroxyl groups excluding tert-OH is 1. The molecule has 0 spiro atoms. The van der Waals surface area contributed by atoms with E-state index >= 15 is 0 Å². The van der Waals surface area contributed by atoms with E-state index in [1.807, 2.05) is 30.3 Å². The van der Waals surface area contributed by atoms with E-state index in [2.05, 4.69) is 36.9 Å². The van der Waals surface area contributed by atoms with Crippen molar-refractivity contribution < 1.29 is 9.84 Å². The molecule has 3 nitrogen and oxygen atoms in total. The van der Waals surface area contributed by atoms with Gasteiger partial charge in [0.05, 0.1) is 6.10 Å². The van der Waals surface area contributed by atoms with E-state index in [-0.39, 0.29) is 0 Å². The number of hydrogen-bond acceptors (Lipinski definition) is 3. The first-order chi connectivity index (χ1) is 12.1. The molecule has 0 aromatic heterocycles. The molecule has 0 saturated heterocycles. The van der Waals surface area contributed by atoms with Gasteiger partial charge in [-0.2, -0.15) is 0 Å². The van der Waals surface area contributed by atoms with Crippen LogP contribution in [0.5, 0.6) is 5.75 Å². The second kappa shape index (κ2) is 8.50. The van der Waals surface area contributed by atoms with E-state index in [4.69, 9.17) is 4.74 Å². The number of benzene rings is 2. The molecule has 0 aliphatic carbocycles. The van der Waals surface area contributed by atoms with Crippen LogP contribution < -0.4 is 4.74 Å². The van der Waals surface area contributed by atoms with Crippen molar-refractivity contribution in [3.63, 3.8) is 0 Å². The number of fused-ring (bicyclic) bond motifs is 1. The van der Waals surface area contributed by atoms with Crippen LogP contribution in [0.25, 0.3) is 0 Å². The molecule has 3 rings (SSSR count). The van der Waals surface area contributed by atoms with Gasteiger partial charge in [0.2, 0.25) is 0 Å². The van der Waals surface area contributed by atoms with Gasteiger partial charge in [-0.3, -0.25) is 4.90 Å². The van der Waals surface area contributed by atoms with E-state index in [1.54, 1.807) is 0 Å². The van der Waals surface area contributed by atoms with Crippen molar-refractivity contribution in [3.05, 3.63) is 65.2 Å². The monoisotopic (exact) mass is 339 g/mol. The smallest absolute Gasteiger partial charge is 0.123 e. The van der Waals surface area contributed by atoms with Crippen LogP contribution in [-0.2, 0) is 13.0 Å². The summed E-state index contributed by atoms with van der Waals surface area (Å²) in [7, 11) is 0. The second-order valence-corrected chi connectivity index (χ2v) is 7.38. The number of aliphatic hydroxyl groups is 1. The summed E-state index contributed by atoms with van der Waals surface area (Å²) in [5.74, 6) is 1.67. The highest BCUT2D eigenvalue weighted by Crippen LogP contribution is 2.28. The lowest BCUT2D eigenvalue weighted by Crippen LogP contribution is -2.27. The highest BCUT2D eigenvalue weighted by atomic mass is 16.5. The molecule has 1 aliphatic heterocycles. The summed E-state index contributed by atoms with van der Waals surface area (Å²) >= 11 is 0. The molecule has 1 aliphatic rings. The summed E-state index contributed by atoms with van der Waals surface area (Å²) in [6.07, 6.45) is 1.35. The summed E-state index contributed by atoms with van der Waals surface area (Å²) < 4.78 is 5.92. The van der Waals surface area contributed by atoms with Gasteiger partial charge < -0.3 is 9.84 Å². The van der Waals surface area contributed by atoms with Crippen LogP contribution in [0.2, 0.25) is 0 Å². The molecule has 2 aromatic rings. The van der Waals surface area contributed by atoms with Crippen molar-refractivity contribution >= 4 is 0 Å². The van der Waals surface area contributed by atoms with Crippen molar-refractivity contribution in [2.75, 3.05) is 19.7 Å². The Morgan fingerprint density at radius 2 is 1.92 bits per heavy atom. The van der Waals surface area contributed by atoms with Crippen molar-refractivity contribution in [2.24, 2.45) is 5.92 Å². The Morgan fingerprint density at radius 3 is 2.68 bits per heavy atom. The van der Waals surface area contributed by atoms with Crippen LogP contribution in [0, 0.1) is 5.92 Å². The zero-order chi connectivity index (χ0) is 17.6. The Kier molecular flexibility index (Phi) is 6.11. The minimum Gasteiger partial charge on any atom is -0.492 e. The SMILES string of the molecule is CC(C)CCN1CCOc2ccc(C(O)Cc3ccccc3)cc2C1. The van der Waals surface area contributed by atoms with E-state index in [0.29, 0.717) is 12.3 Å². The lowest BCUT2D eigenvalue weighted by molar-refractivity contribution is 0.178. The number of rotatable bonds is 6. The fraction of sp³-hybridized carbons (Fsp3) is 0.455. The number of nitrogens with zero attached hydrogens (tertiary/aromatic N) is 1. The molecule has 0 saturated carbocycles. The van der Waals surface area contributed by atoms with E-state index < -0.39 is 6.10 Å². The Hall–Kier alpha value is -1.84. The van der Waals surface area contributed by atoms with E-state index in [1.165, 1.54) is 12.0 Å². The predicted molar refractivity (Wildman–Crippen MR) is 102 cm³/mol. The Morgan fingerprint density at radius 1 is 1.12 bits per heavy atom. The van der Waals surface area contributed by atoms with Gasteiger partial charge in [0, 0.05) is 25.1 Å². The predicted octanol–water partition coefficient (Wildman–Crippen LogP) is 4.20. The highest BCUT2D eigenvalue weighted by Gasteiger charge is 2.18. The van der Waals surface area contributed by atoms with Crippen LogP contribution >= 0.6 is 0 Å². The summed E-state index contributed by atoms with van der Waals surface area (Å²) in [5.41, 5.74) is 3.31. The Labute approximate surface area is 151 Å². The largest absolute Gasteiger partial charge is 0.492 e. The molecule has 0 amide bonds. The fourth-order valence-corrected chi connectivity index (χ4v) is 3.26. The minimum atomic E-state index is -0.486.